The second kappa shape index (κ2) is 6.64. The van der Waals surface area contributed by atoms with Crippen molar-refractivity contribution in [3.63, 3.8) is 0 Å². The highest BCUT2D eigenvalue weighted by molar-refractivity contribution is 7.89. The topological polar surface area (TPSA) is 127 Å². The first-order valence-electron chi connectivity index (χ1n) is 6.13. The maximum atomic E-state index is 12.2. The number of benzene rings is 1. The van der Waals surface area contributed by atoms with E-state index in [0.717, 1.165) is 6.07 Å². The summed E-state index contributed by atoms with van der Waals surface area (Å²) in [6.45, 7) is 2.80. The SMILES string of the molecule is Cc1cccc([N+](=O)[O-])c1S(=O)(=O)NCCC(C)C(=O)O. The lowest BCUT2D eigenvalue weighted by molar-refractivity contribution is -0.387. The van der Waals surface area contributed by atoms with Gasteiger partial charge < -0.3 is 5.11 Å². The first-order chi connectivity index (χ1) is 9.66. The van der Waals surface area contributed by atoms with Gasteiger partial charge in [-0.15, -0.1) is 0 Å². The van der Waals surface area contributed by atoms with Gasteiger partial charge in [0.2, 0.25) is 10.0 Å². The van der Waals surface area contributed by atoms with Crippen molar-refractivity contribution < 1.29 is 23.2 Å². The number of rotatable bonds is 7. The van der Waals surface area contributed by atoms with Gasteiger partial charge in [0.15, 0.2) is 4.90 Å². The van der Waals surface area contributed by atoms with Crippen LogP contribution in [0.25, 0.3) is 0 Å². The van der Waals surface area contributed by atoms with Gasteiger partial charge >= 0.3 is 5.97 Å². The Bertz CT molecular complexity index is 656. The first kappa shape index (κ1) is 17.1. The van der Waals surface area contributed by atoms with Crippen molar-refractivity contribution >= 4 is 21.7 Å². The number of hydrogen-bond donors (Lipinski definition) is 2. The van der Waals surface area contributed by atoms with Gasteiger partial charge in [-0.2, -0.15) is 0 Å². The van der Waals surface area contributed by atoms with E-state index in [9.17, 15) is 23.3 Å². The number of carboxylic acids is 1. The van der Waals surface area contributed by atoms with Crippen LogP contribution in [0.4, 0.5) is 5.69 Å². The molecule has 0 aliphatic rings. The number of aryl methyl sites for hydroxylation is 1. The third kappa shape index (κ3) is 4.23. The number of nitro benzene ring substituents is 1. The molecule has 0 bridgehead atoms. The molecule has 1 atom stereocenters. The molecule has 2 N–H and O–H groups in total. The molecule has 0 aliphatic heterocycles. The first-order valence-corrected chi connectivity index (χ1v) is 7.61. The Morgan fingerprint density at radius 2 is 2.10 bits per heavy atom. The maximum Gasteiger partial charge on any atom is 0.306 e. The van der Waals surface area contributed by atoms with Gasteiger partial charge in [0.25, 0.3) is 5.69 Å². The predicted octanol–water partition coefficient (Wildman–Crippen LogP) is 1.29. The second-order valence-corrected chi connectivity index (χ2v) is 6.31. The van der Waals surface area contributed by atoms with Crippen LogP contribution in [0.5, 0.6) is 0 Å². The Labute approximate surface area is 122 Å². The smallest absolute Gasteiger partial charge is 0.306 e. The summed E-state index contributed by atoms with van der Waals surface area (Å²) in [5.74, 6) is -1.74. The average molecular weight is 316 g/mol. The Balaban J connectivity index is 2.99. The highest BCUT2D eigenvalue weighted by Gasteiger charge is 2.27. The highest BCUT2D eigenvalue weighted by atomic mass is 32.2. The summed E-state index contributed by atoms with van der Waals surface area (Å²) in [7, 11) is -4.07. The summed E-state index contributed by atoms with van der Waals surface area (Å²) in [5, 5.41) is 19.7. The van der Waals surface area contributed by atoms with Crippen molar-refractivity contribution in [1.82, 2.24) is 4.72 Å². The van der Waals surface area contributed by atoms with Crippen LogP contribution in [-0.2, 0) is 14.8 Å². The molecule has 0 saturated carbocycles. The molecule has 0 radical (unpaired) electrons. The van der Waals surface area contributed by atoms with Crippen LogP contribution in [0, 0.1) is 23.0 Å². The number of carbonyl (C=O) groups is 1. The molecule has 1 unspecified atom stereocenters. The zero-order chi connectivity index (χ0) is 16.2. The van der Waals surface area contributed by atoms with Crippen LogP contribution in [0.3, 0.4) is 0 Å². The highest BCUT2D eigenvalue weighted by Crippen LogP contribution is 2.26. The Morgan fingerprint density at radius 1 is 1.48 bits per heavy atom. The van der Waals surface area contributed by atoms with Gasteiger partial charge in [-0.1, -0.05) is 19.1 Å². The van der Waals surface area contributed by atoms with Crippen molar-refractivity contribution in [3.05, 3.63) is 33.9 Å². The van der Waals surface area contributed by atoms with Crippen LogP contribution in [-0.4, -0.2) is 31.0 Å². The molecule has 1 rings (SSSR count). The summed E-state index contributed by atoms with van der Waals surface area (Å²) in [5.41, 5.74) is -0.253. The van der Waals surface area contributed by atoms with E-state index in [0.29, 0.717) is 0 Å². The van der Waals surface area contributed by atoms with Gasteiger partial charge in [-0.05, 0) is 18.9 Å². The number of nitrogens with zero attached hydrogens (tertiary/aromatic N) is 1. The molecule has 0 spiro atoms. The molecule has 0 aromatic heterocycles. The zero-order valence-corrected chi connectivity index (χ0v) is 12.4. The monoisotopic (exact) mass is 316 g/mol. The van der Waals surface area contributed by atoms with Crippen LogP contribution < -0.4 is 4.72 Å². The molecule has 1 aromatic rings. The maximum absolute atomic E-state index is 12.2. The number of nitro groups is 1. The van der Waals surface area contributed by atoms with Crippen molar-refractivity contribution in [2.45, 2.75) is 25.2 Å². The fourth-order valence-electron chi connectivity index (χ4n) is 1.74. The van der Waals surface area contributed by atoms with Crippen LogP contribution in [0.2, 0.25) is 0 Å². The largest absolute Gasteiger partial charge is 0.481 e. The number of sulfonamides is 1. The van der Waals surface area contributed by atoms with Gasteiger partial charge in [-0.25, -0.2) is 13.1 Å². The lowest BCUT2D eigenvalue weighted by Crippen LogP contribution is -2.28. The molecule has 0 saturated heterocycles. The van der Waals surface area contributed by atoms with Crippen LogP contribution in [0.1, 0.15) is 18.9 Å². The minimum atomic E-state index is -4.07. The van der Waals surface area contributed by atoms with Crippen molar-refractivity contribution in [1.29, 1.82) is 0 Å². The van der Waals surface area contributed by atoms with E-state index in [1.807, 2.05) is 0 Å². The van der Waals surface area contributed by atoms with E-state index in [1.165, 1.54) is 26.0 Å². The molecular weight excluding hydrogens is 300 g/mol. The number of aliphatic carboxylic acids is 1. The fraction of sp³-hybridized carbons (Fsp3) is 0.417. The van der Waals surface area contributed by atoms with Crippen LogP contribution >= 0.6 is 0 Å². The lowest BCUT2D eigenvalue weighted by atomic mass is 10.1. The van der Waals surface area contributed by atoms with Gasteiger partial charge in [-0.3, -0.25) is 14.9 Å². The van der Waals surface area contributed by atoms with Gasteiger partial charge in [0.1, 0.15) is 0 Å². The number of nitrogens with one attached hydrogen (secondary N) is 1. The van der Waals surface area contributed by atoms with E-state index in [2.05, 4.69) is 4.72 Å². The quantitative estimate of drug-likeness (QED) is 0.576. The van der Waals surface area contributed by atoms with E-state index >= 15 is 0 Å². The molecule has 116 valence electrons. The second-order valence-electron chi connectivity index (χ2n) is 4.61. The zero-order valence-electron chi connectivity index (χ0n) is 11.6. The Hall–Kier alpha value is -2.00. The normalized spacial score (nSPS) is 12.9. The van der Waals surface area contributed by atoms with Gasteiger partial charge in [0, 0.05) is 12.6 Å². The summed E-state index contributed by atoms with van der Waals surface area (Å²) in [4.78, 5) is 20.4. The molecule has 21 heavy (non-hydrogen) atoms. The Kier molecular flexibility index (Phi) is 5.39. The lowest BCUT2D eigenvalue weighted by Gasteiger charge is -2.10. The van der Waals surface area contributed by atoms with E-state index in [1.54, 1.807) is 0 Å². The number of hydrogen-bond acceptors (Lipinski definition) is 5. The minimum Gasteiger partial charge on any atom is -0.481 e. The van der Waals surface area contributed by atoms with Crippen molar-refractivity contribution in [2.24, 2.45) is 5.92 Å². The van der Waals surface area contributed by atoms with Crippen LogP contribution in [0.15, 0.2) is 23.1 Å². The average Bonchev–Trinajstić information content (AvgIpc) is 2.37. The molecule has 0 heterocycles. The molecule has 9 heteroatoms. The predicted molar refractivity (Wildman–Crippen MR) is 74.4 cm³/mol. The molecule has 0 amide bonds. The fourth-order valence-corrected chi connectivity index (χ4v) is 3.18. The molecule has 8 nitrogen and oxygen atoms in total. The molecular formula is C12H16N2O6S. The third-order valence-corrected chi connectivity index (χ3v) is 4.60. The van der Waals surface area contributed by atoms with Crippen molar-refractivity contribution in [2.75, 3.05) is 6.54 Å². The van der Waals surface area contributed by atoms with E-state index in [4.69, 9.17) is 5.11 Å². The molecule has 1 aromatic carbocycles. The molecule has 0 fully saturated rings. The van der Waals surface area contributed by atoms with E-state index in [-0.39, 0.29) is 18.5 Å². The van der Waals surface area contributed by atoms with Crippen molar-refractivity contribution in [3.8, 4) is 0 Å². The van der Waals surface area contributed by atoms with E-state index < -0.39 is 37.4 Å². The summed E-state index contributed by atoms with van der Waals surface area (Å²) in [6.07, 6.45) is 0.0915. The Morgan fingerprint density at radius 3 is 2.62 bits per heavy atom. The third-order valence-electron chi connectivity index (χ3n) is 2.95. The number of carboxylic acid groups (broad SMARTS) is 1. The summed E-state index contributed by atoms with van der Waals surface area (Å²) in [6, 6.07) is 3.97. The molecule has 0 aliphatic carbocycles. The standard InChI is InChI=1S/C12H16N2O6S/c1-8-4-3-5-10(14(17)18)11(8)21(19,20)13-7-6-9(2)12(15)16/h3-5,9,13H,6-7H2,1-2H3,(H,15,16). The summed E-state index contributed by atoms with van der Waals surface area (Å²) >= 11 is 0. The minimum absolute atomic E-state index is 0.0915. The summed E-state index contributed by atoms with van der Waals surface area (Å²) < 4.78 is 26.5. The van der Waals surface area contributed by atoms with Gasteiger partial charge in [0.05, 0.1) is 10.8 Å².